The van der Waals surface area contributed by atoms with Gasteiger partial charge < -0.3 is 10.6 Å². The van der Waals surface area contributed by atoms with Gasteiger partial charge in [0.05, 0.1) is 5.75 Å². The first-order valence-corrected chi connectivity index (χ1v) is 13.2. The van der Waals surface area contributed by atoms with Crippen LogP contribution in [0.1, 0.15) is 58.6 Å². The van der Waals surface area contributed by atoms with Crippen molar-refractivity contribution in [2.24, 2.45) is 10.4 Å². The fraction of sp³-hybridized carbons (Fsp3) is 0.696. The van der Waals surface area contributed by atoms with Crippen LogP contribution in [0.2, 0.25) is 0 Å². The zero-order valence-corrected chi connectivity index (χ0v) is 20.1. The average Bonchev–Trinajstić information content (AvgIpc) is 2.71. The van der Waals surface area contributed by atoms with E-state index >= 15 is 0 Å². The van der Waals surface area contributed by atoms with E-state index in [1.807, 2.05) is 0 Å². The van der Waals surface area contributed by atoms with E-state index in [2.05, 4.69) is 73.6 Å². The molecule has 1 unspecified atom stereocenters. The summed E-state index contributed by atoms with van der Waals surface area (Å²) in [7, 11) is -2.95. The number of nitrogens with one attached hydrogen (secondary N) is 2. The van der Waals surface area contributed by atoms with E-state index in [-0.39, 0.29) is 11.2 Å². The third kappa shape index (κ3) is 8.64. The second-order valence-corrected chi connectivity index (χ2v) is 11.5. The van der Waals surface area contributed by atoms with Gasteiger partial charge in [-0.15, -0.1) is 0 Å². The van der Waals surface area contributed by atoms with Crippen LogP contribution in [0.15, 0.2) is 35.3 Å². The molecule has 2 rings (SSSR count). The Morgan fingerprint density at radius 2 is 1.87 bits per heavy atom. The van der Waals surface area contributed by atoms with Gasteiger partial charge in [0.15, 0.2) is 5.96 Å². The van der Waals surface area contributed by atoms with Crippen molar-refractivity contribution in [1.29, 1.82) is 0 Å². The largest absolute Gasteiger partial charge is 0.357 e. The van der Waals surface area contributed by atoms with E-state index in [9.17, 15) is 8.42 Å². The van der Waals surface area contributed by atoms with Crippen molar-refractivity contribution in [2.75, 3.05) is 38.2 Å². The maximum Gasteiger partial charge on any atom is 0.191 e. The molecule has 170 valence electrons. The first kappa shape index (κ1) is 24.7. The molecule has 0 bridgehead atoms. The molecule has 0 radical (unpaired) electrons. The molecule has 0 amide bonds. The second-order valence-electron chi connectivity index (χ2n) is 9.28. The van der Waals surface area contributed by atoms with Crippen molar-refractivity contribution in [3.8, 4) is 0 Å². The molecule has 1 aromatic carbocycles. The number of likely N-dealkylation sites (tertiary alicyclic amines) is 1. The molecule has 1 saturated heterocycles. The molecule has 1 aromatic rings. The summed E-state index contributed by atoms with van der Waals surface area (Å²) < 4.78 is 23.0. The molecule has 0 spiro atoms. The number of hydrogen-bond acceptors (Lipinski definition) is 4. The van der Waals surface area contributed by atoms with Crippen LogP contribution >= 0.6 is 0 Å². The van der Waals surface area contributed by atoms with Crippen LogP contribution in [-0.4, -0.2) is 63.5 Å². The number of nitrogens with zero attached hydrogens (tertiary/aromatic N) is 2. The summed E-state index contributed by atoms with van der Waals surface area (Å²) >= 11 is 0. The lowest BCUT2D eigenvalue weighted by atomic mass is 9.90. The number of benzene rings is 1. The number of aliphatic imine (C=N–C) groups is 1. The number of piperidine rings is 1. The van der Waals surface area contributed by atoms with E-state index in [1.54, 1.807) is 0 Å². The highest BCUT2D eigenvalue weighted by molar-refractivity contribution is 7.90. The Bertz CT molecular complexity index is 770. The lowest BCUT2D eigenvalue weighted by molar-refractivity contribution is 0.158. The lowest BCUT2D eigenvalue weighted by Crippen LogP contribution is -2.49. The van der Waals surface area contributed by atoms with Gasteiger partial charge in [0.25, 0.3) is 0 Å². The second kappa shape index (κ2) is 11.1. The summed E-state index contributed by atoms with van der Waals surface area (Å²) in [5.74, 6) is 1.04. The fourth-order valence-electron chi connectivity index (χ4n) is 3.72. The highest BCUT2D eigenvalue weighted by Crippen LogP contribution is 2.24. The minimum absolute atomic E-state index is 0.153. The van der Waals surface area contributed by atoms with Crippen molar-refractivity contribution in [3.63, 3.8) is 0 Å². The van der Waals surface area contributed by atoms with Crippen LogP contribution < -0.4 is 10.6 Å². The molecule has 1 aliphatic rings. The van der Waals surface area contributed by atoms with Gasteiger partial charge in [-0.05, 0) is 44.1 Å². The van der Waals surface area contributed by atoms with Gasteiger partial charge in [0.1, 0.15) is 9.84 Å². The zero-order valence-electron chi connectivity index (χ0n) is 19.3. The molecule has 1 heterocycles. The quantitative estimate of drug-likeness (QED) is 0.459. The third-order valence-electron chi connectivity index (χ3n) is 5.86. The Labute approximate surface area is 183 Å². The normalized spacial score (nSPS) is 18.2. The van der Waals surface area contributed by atoms with Gasteiger partial charge in [-0.3, -0.25) is 9.89 Å². The van der Waals surface area contributed by atoms with Gasteiger partial charge in [0, 0.05) is 44.5 Å². The molecule has 1 fully saturated rings. The highest BCUT2D eigenvalue weighted by atomic mass is 32.2. The van der Waals surface area contributed by atoms with Crippen molar-refractivity contribution in [3.05, 3.63) is 35.9 Å². The zero-order chi connectivity index (χ0) is 22.2. The monoisotopic (exact) mass is 436 g/mol. The minimum Gasteiger partial charge on any atom is -0.357 e. The number of guanidine groups is 1. The van der Waals surface area contributed by atoms with Gasteiger partial charge in [-0.1, -0.05) is 44.2 Å². The van der Waals surface area contributed by atoms with Crippen molar-refractivity contribution >= 4 is 15.8 Å². The van der Waals surface area contributed by atoms with Crippen molar-refractivity contribution < 1.29 is 8.42 Å². The lowest BCUT2D eigenvalue weighted by Gasteiger charge is -2.37. The molecular weight excluding hydrogens is 396 g/mol. The van der Waals surface area contributed by atoms with Crippen molar-refractivity contribution in [1.82, 2.24) is 15.5 Å². The van der Waals surface area contributed by atoms with E-state index < -0.39 is 9.84 Å². The smallest absolute Gasteiger partial charge is 0.191 e. The first-order valence-electron chi connectivity index (χ1n) is 11.1. The number of hydrogen-bond donors (Lipinski definition) is 2. The van der Waals surface area contributed by atoms with E-state index in [4.69, 9.17) is 4.99 Å². The predicted molar refractivity (Wildman–Crippen MR) is 127 cm³/mol. The molecule has 0 aliphatic carbocycles. The fourth-order valence-corrected chi connectivity index (χ4v) is 4.64. The number of sulfone groups is 1. The topological polar surface area (TPSA) is 73.8 Å². The van der Waals surface area contributed by atoms with Crippen LogP contribution in [0.25, 0.3) is 0 Å². The molecule has 2 N–H and O–H groups in total. The third-order valence-corrected chi connectivity index (χ3v) is 6.80. The SMILES string of the molecule is CCNC(=NCC(C)(C)CCS(C)(=O)=O)NC1CCN(C(C)c2ccccc2)CC1. The van der Waals surface area contributed by atoms with Crippen LogP contribution in [0, 0.1) is 5.41 Å². The molecule has 6 nitrogen and oxygen atoms in total. The summed E-state index contributed by atoms with van der Waals surface area (Å²) in [5, 5.41) is 6.94. The summed E-state index contributed by atoms with van der Waals surface area (Å²) in [6, 6.07) is 11.5. The van der Waals surface area contributed by atoms with Gasteiger partial charge >= 0.3 is 0 Å². The Morgan fingerprint density at radius 1 is 1.23 bits per heavy atom. The maximum atomic E-state index is 11.5. The maximum absolute atomic E-state index is 11.5. The molecular formula is C23H40N4O2S. The first-order chi connectivity index (χ1) is 14.1. The molecule has 7 heteroatoms. The highest BCUT2D eigenvalue weighted by Gasteiger charge is 2.25. The molecule has 30 heavy (non-hydrogen) atoms. The Morgan fingerprint density at radius 3 is 2.43 bits per heavy atom. The minimum atomic E-state index is -2.95. The van der Waals surface area contributed by atoms with E-state index in [0.717, 1.165) is 38.4 Å². The van der Waals surface area contributed by atoms with E-state index in [1.165, 1.54) is 11.8 Å². The standard InChI is InChI=1S/C23H40N4O2S/c1-6-24-22(25-18-23(3,4)14-17-30(5,28)29)26-21-12-15-27(16-13-21)19(2)20-10-8-7-9-11-20/h7-11,19,21H,6,12-18H2,1-5H3,(H2,24,25,26). The molecule has 0 saturated carbocycles. The van der Waals surface area contributed by atoms with Crippen molar-refractivity contribution in [2.45, 2.75) is 59.0 Å². The summed E-state index contributed by atoms with van der Waals surface area (Å²) in [5.41, 5.74) is 1.22. The Kier molecular flexibility index (Phi) is 9.16. The van der Waals surface area contributed by atoms with Crippen LogP contribution in [0.4, 0.5) is 0 Å². The van der Waals surface area contributed by atoms with Gasteiger partial charge in [0.2, 0.25) is 0 Å². The average molecular weight is 437 g/mol. The van der Waals surface area contributed by atoms with Crippen LogP contribution in [0.3, 0.4) is 0 Å². The summed E-state index contributed by atoms with van der Waals surface area (Å²) in [4.78, 5) is 7.32. The summed E-state index contributed by atoms with van der Waals surface area (Å²) in [6.45, 7) is 12.0. The Hall–Kier alpha value is -1.60. The number of rotatable bonds is 9. The van der Waals surface area contributed by atoms with Crippen LogP contribution in [-0.2, 0) is 9.84 Å². The van der Waals surface area contributed by atoms with Crippen LogP contribution in [0.5, 0.6) is 0 Å². The predicted octanol–water partition coefficient (Wildman–Crippen LogP) is 3.23. The van der Waals surface area contributed by atoms with Gasteiger partial charge in [-0.25, -0.2) is 8.42 Å². The molecule has 0 aromatic heterocycles. The van der Waals surface area contributed by atoms with Gasteiger partial charge in [-0.2, -0.15) is 0 Å². The molecule has 1 atom stereocenters. The Balaban J connectivity index is 1.87. The van der Waals surface area contributed by atoms with E-state index in [0.29, 0.717) is 25.0 Å². The summed E-state index contributed by atoms with van der Waals surface area (Å²) in [6.07, 6.45) is 4.08. The molecule has 1 aliphatic heterocycles.